The molecule has 2 aromatic heterocycles. The summed E-state index contributed by atoms with van der Waals surface area (Å²) in [5.74, 6) is 0. The van der Waals surface area contributed by atoms with Gasteiger partial charge in [-0.1, -0.05) is 18.2 Å². The minimum Gasteiger partial charge on any atom is -0.298 e. The largest absolute Gasteiger partial charge is 0.298 e. The standard InChI is InChI=1S/C15H13IN2O3S/c1-15(6-2-3-12(16)9-15)22(20,21)18-8-5-13-11(10-19)4-7-17-14(13)18/h2-8,10H,9H2,1H3. The van der Waals surface area contributed by atoms with E-state index < -0.39 is 14.8 Å². The highest BCUT2D eigenvalue weighted by atomic mass is 127. The Morgan fingerprint density at radius 1 is 1.41 bits per heavy atom. The van der Waals surface area contributed by atoms with E-state index in [-0.39, 0.29) is 5.65 Å². The Balaban J connectivity index is 2.21. The third-order valence-corrected chi connectivity index (χ3v) is 6.82. The van der Waals surface area contributed by atoms with Crippen molar-refractivity contribution < 1.29 is 13.2 Å². The molecule has 1 aliphatic rings. The van der Waals surface area contributed by atoms with Crippen LogP contribution in [0.4, 0.5) is 0 Å². The highest BCUT2D eigenvalue weighted by Crippen LogP contribution is 2.35. The maximum absolute atomic E-state index is 13.1. The van der Waals surface area contributed by atoms with E-state index in [1.165, 1.54) is 16.4 Å². The molecule has 2 heterocycles. The van der Waals surface area contributed by atoms with Crippen LogP contribution in [0.2, 0.25) is 0 Å². The molecule has 0 saturated carbocycles. The molecular formula is C15H13IN2O3S. The van der Waals surface area contributed by atoms with E-state index in [0.29, 0.717) is 23.7 Å². The predicted molar refractivity (Wildman–Crippen MR) is 93.7 cm³/mol. The highest BCUT2D eigenvalue weighted by molar-refractivity contribution is 14.1. The van der Waals surface area contributed by atoms with Crippen molar-refractivity contribution in [1.29, 1.82) is 0 Å². The minimum atomic E-state index is -3.70. The highest BCUT2D eigenvalue weighted by Gasteiger charge is 2.40. The molecule has 1 aliphatic carbocycles. The molecule has 0 spiro atoms. The fourth-order valence-corrected chi connectivity index (χ4v) is 5.43. The fourth-order valence-electron chi connectivity index (χ4n) is 2.54. The first kappa shape index (κ1) is 15.4. The van der Waals surface area contributed by atoms with Gasteiger partial charge in [0.25, 0.3) is 0 Å². The summed E-state index contributed by atoms with van der Waals surface area (Å²) in [5.41, 5.74) is 0.710. The zero-order valence-electron chi connectivity index (χ0n) is 11.7. The molecule has 2 aromatic rings. The Morgan fingerprint density at radius 3 is 2.86 bits per heavy atom. The maximum atomic E-state index is 13.1. The lowest BCUT2D eigenvalue weighted by Gasteiger charge is -2.28. The van der Waals surface area contributed by atoms with Crippen LogP contribution in [0.15, 0.2) is 46.3 Å². The Labute approximate surface area is 141 Å². The molecule has 0 fully saturated rings. The molecule has 3 rings (SSSR count). The lowest BCUT2D eigenvalue weighted by Crippen LogP contribution is -2.38. The van der Waals surface area contributed by atoms with Gasteiger partial charge in [-0.2, -0.15) is 0 Å². The molecule has 0 amide bonds. The van der Waals surface area contributed by atoms with Gasteiger partial charge in [-0.3, -0.25) is 4.79 Å². The summed E-state index contributed by atoms with van der Waals surface area (Å²) in [6.07, 6.45) is 9.38. The first-order valence-corrected chi connectivity index (χ1v) is 9.11. The van der Waals surface area contributed by atoms with E-state index in [2.05, 4.69) is 27.6 Å². The number of nitrogens with zero attached hydrogens (tertiary/aromatic N) is 2. The number of carbonyl (C=O) groups is 1. The Bertz CT molecular complexity index is 927. The van der Waals surface area contributed by atoms with E-state index in [1.807, 2.05) is 6.08 Å². The fraction of sp³-hybridized carbons (Fsp3) is 0.200. The second-order valence-electron chi connectivity index (χ2n) is 5.33. The average molecular weight is 428 g/mol. The smallest absolute Gasteiger partial charge is 0.249 e. The first-order valence-electron chi connectivity index (χ1n) is 6.59. The molecule has 0 N–H and O–H groups in total. The summed E-state index contributed by atoms with van der Waals surface area (Å²) in [5, 5.41) is 0.537. The number of aromatic nitrogens is 2. The van der Waals surface area contributed by atoms with Gasteiger partial charge in [-0.05, 0) is 45.2 Å². The van der Waals surface area contributed by atoms with Crippen LogP contribution < -0.4 is 0 Å². The van der Waals surface area contributed by atoms with Crippen molar-refractivity contribution >= 4 is 49.9 Å². The van der Waals surface area contributed by atoms with Crippen LogP contribution in [0.3, 0.4) is 0 Å². The minimum absolute atomic E-state index is 0.281. The van der Waals surface area contributed by atoms with E-state index in [9.17, 15) is 13.2 Å². The van der Waals surface area contributed by atoms with Gasteiger partial charge in [-0.25, -0.2) is 17.4 Å². The zero-order valence-corrected chi connectivity index (χ0v) is 14.7. The second kappa shape index (κ2) is 5.31. The molecule has 5 nitrogen and oxygen atoms in total. The summed E-state index contributed by atoms with van der Waals surface area (Å²) in [6, 6.07) is 3.18. The van der Waals surface area contributed by atoms with E-state index >= 15 is 0 Å². The molecule has 0 aliphatic heterocycles. The number of pyridine rings is 1. The molecule has 0 aromatic carbocycles. The van der Waals surface area contributed by atoms with Crippen molar-refractivity contribution in [2.24, 2.45) is 0 Å². The van der Waals surface area contributed by atoms with Crippen LogP contribution >= 0.6 is 22.6 Å². The van der Waals surface area contributed by atoms with Crippen LogP contribution in [0, 0.1) is 0 Å². The summed E-state index contributed by atoms with van der Waals surface area (Å²) in [6.45, 7) is 1.69. The van der Waals surface area contributed by atoms with E-state index in [1.54, 1.807) is 31.2 Å². The van der Waals surface area contributed by atoms with Crippen molar-refractivity contribution in [3.8, 4) is 0 Å². The molecule has 0 radical (unpaired) electrons. The molecule has 0 bridgehead atoms. The number of allylic oxidation sites excluding steroid dienone is 3. The van der Waals surface area contributed by atoms with Gasteiger partial charge in [0, 0.05) is 29.8 Å². The van der Waals surface area contributed by atoms with Gasteiger partial charge in [-0.15, -0.1) is 0 Å². The summed E-state index contributed by atoms with van der Waals surface area (Å²) >= 11 is 2.14. The number of aldehydes is 1. The molecule has 1 unspecified atom stereocenters. The first-order chi connectivity index (χ1) is 10.4. The average Bonchev–Trinajstić information content (AvgIpc) is 2.91. The van der Waals surface area contributed by atoms with Crippen LogP contribution in [0.25, 0.3) is 11.0 Å². The van der Waals surface area contributed by atoms with Gasteiger partial charge in [0.05, 0.1) is 0 Å². The summed E-state index contributed by atoms with van der Waals surface area (Å²) in [7, 11) is -3.70. The SMILES string of the molecule is CC1(S(=O)(=O)n2ccc3c(C=O)ccnc32)C=CC=C(I)C1. The number of hydrogen-bond acceptors (Lipinski definition) is 4. The van der Waals surface area contributed by atoms with Gasteiger partial charge in [0.1, 0.15) is 4.75 Å². The molecule has 114 valence electrons. The number of halogens is 1. The molecule has 22 heavy (non-hydrogen) atoms. The van der Waals surface area contributed by atoms with Crippen LogP contribution in [0.1, 0.15) is 23.7 Å². The van der Waals surface area contributed by atoms with Crippen molar-refractivity contribution in [1.82, 2.24) is 8.96 Å². The summed E-state index contributed by atoms with van der Waals surface area (Å²) < 4.78 is 27.3. The van der Waals surface area contributed by atoms with Crippen LogP contribution in [-0.2, 0) is 10.0 Å². The normalized spacial score (nSPS) is 21.8. The zero-order chi connectivity index (χ0) is 16.0. The van der Waals surface area contributed by atoms with Gasteiger partial charge >= 0.3 is 0 Å². The molecule has 1 atom stereocenters. The topological polar surface area (TPSA) is 69.0 Å². The lowest BCUT2D eigenvalue weighted by atomic mass is 10.0. The molecular weight excluding hydrogens is 415 g/mol. The van der Waals surface area contributed by atoms with Gasteiger partial charge < -0.3 is 0 Å². The number of carbonyl (C=O) groups excluding carboxylic acids is 1. The van der Waals surface area contributed by atoms with Crippen LogP contribution in [0.5, 0.6) is 0 Å². The van der Waals surface area contributed by atoms with Crippen molar-refractivity contribution in [3.05, 3.63) is 51.9 Å². The summed E-state index contributed by atoms with van der Waals surface area (Å²) in [4.78, 5) is 15.2. The van der Waals surface area contributed by atoms with Crippen molar-refractivity contribution in [2.45, 2.75) is 18.1 Å². The monoisotopic (exact) mass is 428 g/mol. The third-order valence-electron chi connectivity index (χ3n) is 3.81. The maximum Gasteiger partial charge on any atom is 0.249 e. The second-order valence-corrected chi connectivity index (χ2v) is 9.00. The van der Waals surface area contributed by atoms with Crippen molar-refractivity contribution in [3.63, 3.8) is 0 Å². The van der Waals surface area contributed by atoms with Gasteiger partial charge in [0.15, 0.2) is 11.9 Å². The van der Waals surface area contributed by atoms with Crippen molar-refractivity contribution in [2.75, 3.05) is 0 Å². The Kier molecular flexibility index (Phi) is 3.72. The Morgan fingerprint density at radius 2 is 2.18 bits per heavy atom. The van der Waals surface area contributed by atoms with E-state index in [4.69, 9.17) is 0 Å². The lowest BCUT2D eigenvalue weighted by molar-refractivity contribution is 0.112. The number of rotatable bonds is 3. The quantitative estimate of drug-likeness (QED) is 0.557. The predicted octanol–water partition coefficient (Wildman–Crippen LogP) is 3.06. The van der Waals surface area contributed by atoms with E-state index in [0.717, 1.165) is 3.58 Å². The Hall–Kier alpha value is -1.48. The third kappa shape index (κ3) is 2.23. The van der Waals surface area contributed by atoms with Crippen LogP contribution in [-0.4, -0.2) is 28.4 Å². The molecule has 7 heteroatoms. The number of hydrogen-bond donors (Lipinski definition) is 0. The van der Waals surface area contributed by atoms with Gasteiger partial charge in [0.2, 0.25) is 10.0 Å². The number of fused-ring (bicyclic) bond motifs is 1. The molecule has 0 saturated heterocycles.